The lowest BCUT2D eigenvalue weighted by Crippen LogP contribution is -2.55. The quantitative estimate of drug-likeness (QED) is 0.157. The molecule has 2 unspecified atom stereocenters. The first-order valence-electron chi connectivity index (χ1n) is 15.0. The average Bonchev–Trinajstić information content (AvgIpc) is 3.35. The van der Waals surface area contributed by atoms with Crippen molar-refractivity contribution in [3.63, 3.8) is 0 Å². The van der Waals surface area contributed by atoms with Gasteiger partial charge < -0.3 is 16.0 Å². The van der Waals surface area contributed by atoms with Gasteiger partial charge in [-0.05, 0) is 59.7 Å². The molecule has 3 aromatic carbocycles. The summed E-state index contributed by atoms with van der Waals surface area (Å²) in [6.07, 6.45) is 3.26. The molecule has 14 heteroatoms. The summed E-state index contributed by atoms with van der Waals surface area (Å²) >= 11 is 0. The van der Waals surface area contributed by atoms with E-state index in [1.165, 1.54) is 0 Å². The van der Waals surface area contributed by atoms with Crippen LogP contribution in [0.5, 0.6) is 0 Å². The number of amides is 3. The second-order valence-corrected chi connectivity index (χ2v) is 13.5. The predicted molar refractivity (Wildman–Crippen MR) is 178 cm³/mol. The fraction of sp³-hybridized carbons (Fsp3) is 0.235. The SMILES string of the molecule is CNc1cccc2c(C(C)C3(C(C)c4ccnc5c(NC)cccc45)NC(=O)N(c4ccc(S(=O)(=O)C(F)(F)F)cc4)C3=O)ccnc12. The topological polar surface area (TPSA) is 133 Å². The highest BCUT2D eigenvalue weighted by Gasteiger charge is 2.59. The molecule has 2 atom stereocenters. The van der Waals surface area contributed by atoms with Gasteiger partial charge in [0.25, 0.3) is 15.7 Å². The van der Waals surface area contributed by atoms with Crippen molar-refractivity contribution < 1.29 is 31.2 Å². The molecule has 2 aromatic heterocycles. The summed E-state index contributed by atoms with van der Waals surface area (Å²) in [5, 5.41) is 10.7. The number of aromatic nitrogens is 2. The summed E-state index contributed by atoms with van der Waals surface area (Å²) in [5.41, 5.74) is -2.94. The van der Waals surface area contributed by atoms with Gasteiger partial charge in [0.05, 0.1) is 33.0 Å². The Hall–Kier alpha value is -5.24. The van der Waals surface area contributed by atoms with E-state index in [0.29, 0.717) is 11.0 Å². The van der Waals surface area contributed by atoms with E-state index in [1.807, 2.05) is 50.2 Å². The van der Waals surface area contributed by atoms with Crippen LogP contribution in [-0.4, -0.2) is 55.5 Å². The van der Waals surface area contributed by atoms with Crippen molar-refractivity contribution >= 4 is 60.6 Å². The van der Waals surface area contributed by atoms with Crippen LogP contribution in [0.4, 0.5) is 35.0 Å². The maximum Gasteiger partial charge on any atom is 0.501 e. The minimum atomic E-state index is -5.64. The standard InChI is InChI=1S/C34H31F3N6O4S/c1-19(23-15-17-40-29-25(23)7-5-9-27(29)38-3)33(20(2)24-16-18-41-30-26(24)8-6-10-28(30)39-4)31(44)43(32(45)42-33)21-11-13-22(14-12-21)48(46,47)34(35,36)37/h5-20,38-39H,1-4H3,(H,42,45). The zero-order valence-electron chi connectivity index (χ0n) is 26.3. The molecule has 6 rings (SSSR count). The number of pyridine rings is 2. The Balaban J connectivity index is 1.55. The van der Waals surface area contributed by atoms with Crippen LogP contribution in [-0.2, 0) is 14.6 Å². The molecular weight excluding hydrogens is 645 g/mol. The summed E-state index contributed by atoms with van der Waals surface area (Å²) in [6.45, 7) is 3.67. The molecule has 0 saturated carbocycles. The number of sulfone groups is 1. The summed E-state index contributed by atoms with van der Waals surface area (Å²) in [5.74, 6) is -2.04. The van der Waals surface area contributed by atoms with Gasteiger partial charge in [-0.25, -0.2) is 18.1 Å². The summed E-state index contributed by atoms with van der Waals surface area (Å²) in [6, 6.07) is 17.5. The third-order valence-electron chi connectivity index (χ3n) is 9.23. The number of nitrogens with one attached hydrogen (secondary N) is 3. The molecule has 1 aliphatic rings. The van der Waals surface area contributed by atoms with Crippen molar-refractivity contribution in [3.8, 4) is 0 Å². The van der Waals surface area contributed by atoms with Crippen molar-refractivity contribution in [2.75, 3.05) is 29.6 Å². The number of hydrogen-bond acceptors (Lipinski definition) is 8. The van der Waals surface area contributed by atoms with Gasteiger partial charge in [-0.2, -0.15) is 13.2 Å². The number of hydrogen-bond donors (Lipinski definition) is 3. The van der Waals surface area contributed by atoms with Crippen LogP contribution >= 0.6 is 0 Å². The van der Waals surface area contributed by atoms with E-state index in [9.17, 15) is 31.2 Å². The Morgan fingerprint density at radius 1 is 0.771 bits per heavy atom. The number of imide groups is 1. The lowest BCUT2D eigenvalue weighted by Gasteiger charge is -2.39. The third-order valence-corrected chi connectivity index (χ3v) is 10.7. The molecule has 0 radical (unpaired) electrons. The number of halogens is 3. The van der Waals surface area contributed by atoms with Gasteiger partial charge in [0.15, 0.2) is 0 Å². The number of carbonyl (C=O) groups excluding carboxylic acids is 2. The monoisotopic (exact) mass is 676 g/mol. The molecule has 3 N–H and O–H groups in total. The zero-order valence-corrected chi connectivity index (χ0v) is 27.1. The zero-order chi connectivity index (χ0) is 34.6. The first kappa shape index (κ1) is 32.7. The Labute approximate surface area is 274 Å². The second kappa shape index (κ2) is 11.8. The molecule has 248 valence electrons. The smallest absolute Gasteiger partial charge is 0.386 e. The van der Waals surface area contributed by atoms with Crippen molar-refractivity contribution in [1.82, 2.24) is 15.3 Å². The number of urea groups is 1. The molecule has 10 nitrogen and oxygen atoms in total. The van der Waals surface area contributed by atoms with Crippen LogP contribution in [0.15, 0.2) is 90.1 Å². The van der Waals surface area contributed by atoms with Crippen LogP contribution in [0.3, 0.4) is 0 Å². The van der Waals surface area contributed by atoms with Gasteiger partial charge in [0, 0.05) is 49.1 Å². The van der Waals surface area contributed by atoms with Gasteiger partial charge in [-0.3, -0.25) is 14.8 Å². The maximum atomic E-state index is 14.9. The number of fused-ring (bicyclic) bond motifs is 2. The number of rotatable bonds is 8. The fourth-order valence-corrected chi connectivity index (χ4v) is 7.47. The summed E-state index contributed by atoms with van der Waals surface area (Å²) in [7, 11) is -2.10. The van der Waals surface area contributed by atoms with E-state index < -0.39 is 49.6 Å². The van der Waals surface area contributed by atoms with Crippen molar-refractivity contribution in [3.05, 3.63) is 96.3 Å². The van der Waals surface area contributed by atoms with Gasteiger partial charge in [-0.1, -0.05) is 38.1 Å². The first-order valence-corrected chi connectivity index (χ1v) is 16.4. The fourth-order valence-electron chi connectivity index (χ4n) is 6.71. The Morgan fingerprint density at radius 2 is 1.25 bits per heavy atom. The van der Waals surface area contributed by atoms with Gasteiger partial charge in [0.2, 0.25) is 0 Å². The first-order chi connectivity index (χ1) is 22.8. The molecule has 5 aromatic rings. The highest BCUT2D eigenvalue weighted by atomic mass is 32.2. The average molecular weight is 677 g/mol. The van der Waals surface area contributed by atoms with Crippen molar-refractivity contribution in [2.24, 2.45) is 0 Å². The Bertz CT molecular complexity index is 2100. The van der Waals surface area contributed by atoms with Crippen LogP contribution in [0.2, 0.25) is 0 Å². The molecule has 0 aliphatic carbocycles. The van der Waals surface area contributed by atoms with Crippen LogP contribution in [0, 0.1) is 0 Å². The van der Waals surface area contributed by atoms with Crippen molar-refractivity contribution in [2.45, 2.75) is 41.6 Å². The van der Waals surface area contributed by atoms with Crippen LogP contribution in [0.1, 0.15) is 36.8 Å². The molecule has 3 amide bonds. The number of nitrogens with zero attached hydrogens (tertiary/aromatic N) is 3. The number of alkyl halides is 3. The van der Waals surface area contributed by atoms with Crippen LogP contribution in [0.25, 0.3) is 21.8 Å². The number of anilines is 3. The van der Waals surface area contributed by atoms with E-state index in [0.717, 1.165) is 62.4 Å². The normalized spacial score (nSPS) is 18.2. The van der Waals surface area contributed by atoms with E-state index in [1.54, 1.807) is 38.6 Å². The lowest BCUT2D eigenvalue weighted by atomic mass is 9.68. The largest absolute Gasteiger partial charge is 0.501 e. The van der Waals surface area contributed by atoms with Crippen LogP contribution < -0.4 is 20.9 Å². The van der Waals surface area contributed by atoms with Gasteiger partial charge in [-0.15, -0.1) is 0 Å². The minimum absolute atomic E-state index is 0.0889. The molecule has 1 fully saturated rings. The Morgan fingerprint density at radius 3 is 1.69 bits per heavy atom. The molecular formula is C34H31F3N6O4S. The Kier molecular flexibility index (Phi) is 8.02. The minimum Gasteiger partial charge on any atom is -0.386 e. The highest BCUT2D eigenvalue weighted by Crippen LogP contribution is 2.48. The summed E-state index contributed by atoms with van der Waals surface area (Å²) in [4.78, 5) is 37.8. The lowest BCUT2D eigenvalue weighted by molar-refractivity contribution is -0.123. The highest BCUT2D eigenvalue weighted by molar-refractivity contribution is 7.92. The number of benzene rings is 3. The van der Waals surface area contributed by atoms with Crippen molar-refractivity contribution in [1.29, 1.82) is 0 Å². The van der Waals surface area contributed by atoms with E-state index in [-0.39, 0.29) is 5.69 Å². The third kappa shape index (κ3) is 4.89. The number of para-hydroxylation sites is 2. The van der Waals surface area contributed by atoms with E-state index >= 15 is 0 Å². The molecule has 0 bridgehead atoms. The number of carbonyl (C=O) groups is 2. The summed E-state index contributed by atoms with van der Waals surface area (Å²) < 4.78 is 63.7. The molecule has 3 heterocycles. The molecule has 1 aliphatic heterocycles. The van der Waals surface area contributed by atoms with E-state index in [2.05, 4.69) is 25.9 Å². The predicted octanol–water partition coefficient (Wildman–Crippen LogP) is 6.56. The maximum absolute atomic E-state index is 14.9. The molecule has 48 heavy (non-hydrogen) atoms. The van der Waals surface area contributed by atoms with Gasteiger partial charge >= 0.3 is 11.5 Å². The second-order valence-electron chi connectivity index (χ2n) is 11.5. The van der Waals surface area contributed by atoms with Gasteiger partial charge in [0.1, 0.15) is 5.54 Å². The van der Waals surface area contributed by atoms with E-state index in [4.69, 9.17) is 0 Å². The molecule has 0 spiro atoms. The molecule has 1 saturated heterocycles.